The van der Waals surface area contributed by atoms with Crippen molar-refractivity contribution in [2.24, 2.45) is 0 Å². The van der Waals surface area contributed by atoms with Crippen molar-refractivity contribution in [1.82, 2.24) is 9.62 Å². The van der Waals surface area contributed by atoms with Gasteiger partial charge in [0.1, 0.15) is 5.82 Å². The van der Waals surface area contributed by atoms with E-state index in [1.54, 1.807) is 13.1 Å². The molecule has 0 spiro atoms. The fraction of sp³-hybridized carbons (Fsp3) is 0.600. The van der Waals surface area contributed by atoms with E-state index in [0.29, 0.717) is 18.7 Å². The first-order valence-corrected chi connectivity index (χ1v) is 8.89. The maximum atomic E-state index is 13.6. The first-order chi connectivity index (χ1) is 10.0. The molecule has 0 amide bonds. The third-order valence-corrected chi connectivity index (χ3v) is 6.14. The highest BCUT2D eigenvalue weighted by Gasteiger charge is 2.33. The minimum absolute atomic E-state index is 0.0469. The average molecular weight is 314 g/mol. The van der Waals surface area contributed by atoms with E-state index in [1.165, 1.54) is 10.4 Å². The minimum atomic E-state index is -3.66. The van der Waals surface area contributed by atoms with Crippen molar-refractivity contribution in [3.63, 3.8) is 0 Å². The second-order valence-corrected chi connectivity index (χ2v) is 7.29. The second-order valence-electron chi connectivity index (χ2n) is 5.43. The molecule has 1 aliphatic carbocycles. The minimum Gasteiger partial charge on any atom is -0.316 e. The van der Waals surface area contributed by atoms with Gasteiger partial charge in [-0.05, 0) is 37.6 Å². The van der Waals surface area contributed by atoms with Crippen LogP contribution in [0.1, 0.15) is 38.2 Å². The molecule has 6 heteroatoms. The number of benzene rings is 1. The molecule has 1 aromatic rings. The van der Waals surface area contributed by atoms with Gasteiger partial charge >= 0.3 is 0 Å². The molecule has 1 N–H and O–H groups in total. The van der Waals surface area contributed by atoms with Crippen LogP contribution >= 0.6 is 0 Å². The molecule has 0 atom stereocenters. The zero-order valence-corrected chi connectivity index (χ0v) is 13.4. The van der Waals surface area contributed by atoms with E-state index in [4.69, 9.17) is 0 Å². The predicted octanol–water partition coefficient (Wildman–Crippen LogP) is 2.50. The first-order valence-electron chi connectivity index (χ1n) is 7.45. The van der Waals surface area contributed by atoms with E-state index < -0.39 is 15.8 Å². The molecule has 1 saturated carbocycles. The van der Waals surface area contributed by atoms with Crippen LogP contribution in [0.25, 0.3) is 0 Å². The second kappa shape index (κ2) is 6.85. The smallest absolute Gasteiger partial charge is 0.243 e. The summed E-state index contributed by atoms with van der Waals surface area (Å²) in [5.74, 6) is -0.518. The Morgan fingerprint density at radius 1 is 1.33 bits per heavy atom. The van der Waals surface area contributed by atoms with Gasteiger partial charge in [-0.2, -0.15) is 4.31 Å². The van der Waals surface area contributed by atoms with Crippen molar-refractivity contribution >= 4 is 10.0 Å². The standard InChI is InChI=1S/C15H23FN2O2S/c1-3-18(14-6-4-5-7-14)21(19,20)15-10-13(16)9-8-12(15)11-17-2/h8-10,14,17H,3-7,11H2,1-2H3. The molecule has 0 bridgehead atoms. The topological polar surface area (TPSA) is 49.4 Å². The van der Waals surface area contributed by atoms with Gasteiger partial charge in [0.15, 0.2) is 0 Å². The molecular weight excluding hydrogens is 291 g/mol. The van der Waals surface area contributed by atoms with Gasteiger partial charge in [0, 0.05) is 19.1 Å². The highest BCUT2D eigenvalue weighted by molar-refractivity contribution is 7.89. The molecule has 4 nitrogen and oxygen atoms in total. The Morgan fingerprint density at radius 3 is 2.57 bits per heavy atom. The average Bonchev–Trinajstić information content (AvgIpc) is 2.95. The van der Waals surface area contributed by atoms with Crippen molar-refractivity contribution in [3.05, 3.63) is 29.6 Å². The lowest BCUT2D eigenvalue weighted by molar-refractivity contribution is 0.335. The number of nitrogens with zero attached hydrogens (tertiary/aromatic N) is 1. The summed E-state index contributed by atoms with van der Waals surface area (Å²) in [7, 11) is -1.91. The summed E-state index contributed by atoms with van der Waals surface area (Å²) >= 11 is 0. The third-order valence-electron chi connectivity index (χ3n) is 4.03. The summed E-state index contributed by atoms with van der Waals surface area (Å²) in [6, 6.07) is 4.03. The first kappa shape index (κ1) is 16.4. The molecule has 1 aliphatic rings. The van der Waals surface area contributed by atoms with Crippen LogP contribution in [0.5, 0.6) is 0 Å². The van der Waals surface area contributed by atoms with Gasteiger partial charge in [0.05, 0.1) is 4.90 Å². The van der Waals surface area contributed by atoms with E-state index in [1.807, 2.05) is 6.92 Å². The van der Waals surface area contributed by atoms with Crippen molar-refractivity contribution in [2.75, 3.05) is 13.6 Å². The Balaban J connectivity index is 2.43. The summed E-state index contributed by atoms with van der Waals surface area (Å²) in [4.78, 5) is 0.0885. The SMILES string of the molecule is CCN(C1CCCC1)S(=O)(=O)c1cc(F)ccc1CNC. The van der Waals surface area contributed by atoms with Gasteiger partial charge in [0.2, 0.25) is 10.0 Å². The van der Waals surface area contributed by atoms with Gasteiger partial charge in [-0.15, -0.1) is 0 Å². The van der Waals surface area contributed by atoms with Crippen molar-refractivity contribution in [3.8, 4) is 0 Å². The molecule has 0 heterocycles. The largest absolute Gasteiger partial charge is 0.316 e. The summed E-state index contributed by atoms with van der Waals surface area (Å²) in [6.45, 7) is 2.66. The summed E-state index contributed by atoms with van der Waals surface area (Å²) in [5, 5.41) is 2.94. The van der Waals surface area contributed by atoms with Crippen LogP contribution in [0.3, 0.4) is 0 Å². The maximum absolute atomic E-state index is 13.6. The molecule has 2 rings (SSSR count). The normalized spacial score (nSPS) is 16.8. The Morgan fingerprint density at radius 2 is 2.00 bits per heavy atom. The Hall–Kier alpha value is -0.980. The molecule has 118 valence electrons. The monoisotopic (exact) mass is 314 g/mol. The van der Waals surface area contributed by atoms with Gasteiger partial charge < -0.3 is 5.32 Å². The number of hydrogen-bond donors (Lipinski definition) is 1. The molecule has 0 radical (unpaired) electrons. The van der Waals surface area contributed by atoms with Gasteiger partial charge in [0.25, 0.3) is 0 Å². The molecule has 1 fully saturated rings. The van der Waals surface area contributed by atoms with Crippen molar-refractivity contribution < 1.29 is 12.8 Å². The number of halogens is 1. The van der Waals surface area contributed by atoms with Crippen LogP contribution in [0.15, 0.2) is 23.1 Å². The molecule has 0 aromatic heterocycles. The Bertz CT molecular complexity index is 583. The lowest BCUT2D eigenvalue weighted by Crippen LogP contribution is -2.39. The van der Waals surface area contributed by atoms with Crippen LogP contribution in [-0.2, 0) is 16.6 Å². The summed E-state index contributed by atoms with van der Waals surface area (Å²) in [6.07, 6.45) is 3.90. The van der Waals surface area contributed by atoms with Crippen LogP contribution in [0, 0.1) is 5.82 Å². The van der Waals surface area contributed by atoms with E-state index in [2.05, 4.69) is 5.32 Å². The Kier molecular flexibility index (Phi) is 5.35. The van der Waals surface area contributed by atoms with Crippen LogP contribution in [-0.4, -0.2) is 32.4 Å². The quantitative estimate of drug-likeness (QED) is 0.877. The number of nitrogens with one attached hydrogen (secondary N) is 1. The molecule has 0 unspecified atom stereocenters. The fourth-order valence-electron chi connectivity index (χ4n) is 3.05. The molecule has 21 heavy (non-hydrogen) atoms. The summed E-state index contributed by atoms with van der Waals surface area (Å²) < 4.78 is 41.0. The molecule has 0 saturated heterocycles. The summed E-state index contributed by atoms with van der Waals surface area (Å²) in [5.41, 5.74) is 0.607. The molecular formula is C15H23FN2O2S. The third kappa shape index (κ3) is 3.44. The predicted molar refractivity (Wildman–Crippen MR) is 81.0 cm³/mol. The van der Waals surface area contributed by atoms with E-state index in [9.17, 15) is 12.8 Å². The highest BCUT2D eigenvalue weighted by atomic mass is 32.2. The fourth-order valence-corrected chi connectivity index (χ4v) is 4.98. The zero-order valence-electron chi connectivity index (χ0n) is 12.6. The number of rotatable bonds is 6. The lowest BCUT2D eigenvalue weighted by Gasteiger charge is -2.27. The van der Waals surface area contributed by atoms with E-state index in [-0.39, 0.29) is 10.9 Å². The highest BCUT2D eigenvalue weighted by Crippen LogP contribution is 2.30. The van der Waals surface area contributed by atoms with Crippen molar-refractivity contribution in [1.29, 1.82) is 0 Å². The van der Waals surface area contributed by atoms with Gasteiger partial charge in [-0.1, -0.05) is 25.8 Å². The van der Waals surface area contributed by atoms with E-state index >= 15 is 0 Å². The van der Waals surface area contributed by atoms with Crippen LogP contribution in [0.4, 0.5) is 4.39 Å². The van der Waals surface area contributed by atoms with Crippen LogP contribution in [0.2, 0.25) is 0 Å². The lowest BCUT2D eigenvalue weighted by atomic mass is 10.2. The Labute approximate surface area is 126 Å². The van der Waals surface area contributed by atoms with E-state index in [0.717, 1.165) is 31.7 Å². The molecule has 0 aliphatic heterocycles. The van der Waals surface area contributed by atoms with Gasteiger partial charge in [-0.25, -0.2) is 12.8 Å². The maximum Gasteiger partial charge on any atom is 0.243 e. The number of sulfonamides is 1. The zero-order chi connectivity index (χ0) is 15.5. The van der Waals surface area contributed by atoms with Crippen LogP contribution < -0.4 is 5.32 Å². The molecule has 1 aromatic carbocycles. The number of hydrogen-bond acceptors (Lipinski definition) is 3. The van der Waals surface area contributed by atoms with Crippen molar-refractivity contribution in [2.45, 2.75) is 50.1 Å². The van der Waals surface area contributed by atoms with Gasteiger partial charge in [-0.3, -0.25) is 0 Å².